The molecule has 1 aliphatic heterocycles. The molecule has 0 unspecified atom stereocenters. The number of benzene rings is 1. The number of hydrogen-bond acceptors (Lipinski definition) is 5. The van der Waals surface area contributed by atoms with E-state index < -0.39 is 26.6 Å². The van der Waals surface area contributed by atoms with Crippen LogP contribution in [-0.2, 0) is 21.4 Å². The Labute approximate surface area is 187 Å². The number of rotatable bonds is 9. The van der Waals surface area contributed by atoms with Crippen LogP contribution >= 0.6 is 0 Å². The Morgan fingerprint density at radius 3 is 2.56 bits per heavy atom. The zero-order valence-electron chi connectivity index (χ0n) is 18.3. The number of carbonyl (C=O) groups is 1. The summed E-state index contributed by atoms with van der Waals surface area (Å²) in [5.74, 6) is -2.40. The predicted molar refractivity (Wildman–Crippen MR) is 116 cm³/mol. The number of amides is 1. The molecule has 0 radical (unpaired) electrons. The molecule has 0 aliphatic carbocycles. The van der Waals surface area contributed by atoms with E-state index in [0.29, 0.717) is 18.3 Å². The maximum Gasteiger partial charge on any atom is 0.246 e. The highest BCUT2D eigenvalue weighted by molar-refractivity contribution is 7.89. The van der Waals surface area contributed by atoms with Crippen molar-refractivity contribution in [1.82, 2.24) is 19.0 Å². The molecule has 0 saturated carbocycles. The van der Waals surface area contributed by atoms with Crippen LogP contribution in [0.3, 0.4) is 0 Å². The first-order valence-corrected chi connectivity index (χ1v) is 12.2. The van der Waals surface area contributed by atoms with Crippen molar-refractivity contribution in [2.45, 2.75) is 38.1 Å². The third kappa shape index (κ3) is 5.70. The molecule has 1 amide bonds. The van der Waals surface area contributed by atoms with Crippen molar-refractivity contribution >= 4 is 21.6 Å². The van der Waals surface area contributed by atoms with Crippen LogP contribution in [0.15, 0.2) is 35.5 Å². The number of nitrogens with zero attached hydrogens (tertiary/aromatic N) is 4. The van der Waals surface area contributed by atoms with Gasteiger partial charge in [-0.2, -0.15) is 9.40 Å². The maximum absolute atomic E-state index is 14.0. The van der Waals surface area contributed by atoms with Crippen molar-refractivity contribution in [3.8, 4) is 0 Å². The van der Waals surface area contributed by atoms with Gasteiger partial charge in [0.25, 0.3) is 0 Å². The van der Waals surface area contributed by atoms with E-state index in [4.69, 9.17) is 0 Å². The Morgan fingerprint density at radius 2 is 1.91 bits per heavy atom. The van der Waals surface area contributed by atoms with Gasteiger partial charge in [-0.1, -0.05) is 13.8 Å². The minimum absolute atomic E-state index is 0.0551. The lowest BCUT2D eigenvalue weighted by Crippen LogP contribution is -2.41. The number of carbonyl (C=O) groups excluding carboxylic acids is 1. The van der Waals surface area contributed by atoms with Crippen molar-refractivity contribution in [2.24, 2.45) is 5.92 Å². The van der Waals surface area contributed by atoms with Crippen LogP contribution in [0.25, 0.3) is 0 Å². The molecule has 8 nitrogen and oxygen atoms in total. The normalized spacial score (nSPS) is 15.9. The molecule has 0 spiro atoms. The van der Waals surface area contributed by atoms with E-state index in [1.807, 2.05) is 0 Å². The quantitative estimate of drug-likeness (QED) is 0.610. The molecule has 0 bridgehead atoms. The van der Waals surface area contributed by atoms with Gasteiger partial charge in [0, 0.05) is 31.7 Å². The number of sulfonamides is 1. The van der Waals surface area contributed by atoms with Crippen LogP contribution in [0.2, 0.25) is 0 Å². The second-order valence-electron chi connectivity index (χ2n) is 7.76. The number of halogens is 2. The number of nitrogens with one attached hydrogen (secondary N) is 1. The van der Waals surface area contributed by atoms with E-state index in [2.05, 4.69) is 29.2 Å². The summed E-state index contributed by atoms with van der Waals surface area (Å²) in [6.07, 6.45) is 3.94. The molecule has 1 N–H and O–H groups in total. The zero-order valence-corrected chi connectivity index (χ0v) is 19.1. The highest BCUT2D eigenvalue weighted by Gasteiger charge is 2.34. The minimum Gasteiger partial charge on any atom is -0.323 e. The van der Waals surface area contributed by atoms with Crippen molar-refractivity contribution in [1.29, 1.82) is 0 Å². The number of aromatic nitrogens is 2. The largest absolute Gasteiger partial charge is 0.323 e. The third-order valence-corrected chi connectivity index (χ3v) is 7.69. The van der Waals surface area contributed by atoms with Gasteiger partial charge in [-0.15, -0.1) is 0 Å². The summed E-state index contributed by atoms with van der Waals surface area (Å²) < 4.78 is 55.6. The van der Waals surface area contributed by atoms with E-state index >= 15 is 0 Å². The fourth-order valence-corrected chi connectivity index (χ4v) is 5.30. The van der Waals surface area contributed by atoms with E-state index in [1.165, 1.54) is 0 Å². The van der Waals surface area contributed by atoms with Crippen LogP contribution in [-0.4, -0.2) is 66.0 Å². The molecule has 32 heavy (non-hydrogen) atoms. The molecule has 0 atom stereocenters. The van der Waals surface area contributed by atoms with Gasteiger partial charge >= 0.3 is 0 Å². The first-order chi connectivity index (χ1) is 15.2. The van der Waals surface area contributed by atoms with Gasteiger partial charge in [0.2, 0.25) is 15.9 Å². The predicted octanol–water partition coefficient (Wildman–Crippen LogP) is 2.54. The van der Waals surface area contributed by atoms with Gasteiger partial charge in [0.15, 0.2) is 0 Å². The molecule has 1 fully saturated rings. The van der Waals surface area contributed by atoms with Gasteiger partial charge in [-0.05, 0) is 44.1 Å². The summed E-state index contributed by atoms with van der Waals surface area (Å²) in [6.45, 7) is 7.81. The topological polar surface area (TPSA) is 87.5 Å². The molecule has 1 aromatic carbocycles. The minimum atomic E-state index is -4.17. The lowest BCUT2D eigenvalue weighted by Gasteiger charge is -2.30. The fraction of sp³-hybridized carbons (Fsp3) is 0.524. The first-order valence-electron chi connectivity index (χ1n) is 10.8. The number of hydrogen-bond donors (Lipinski definition) is 1. The van der Waals surface area contributed by atoms with Crippen LogP contribution in [0.1, 0.15) is 26.7 Å². The van der Waals surface area contributed by atoms with Crippen LogP contribution < -0.4 is 5.32 Å². The Morgan fingerprint density at radius 1 is 1.22 bits per heavy atom. The van der Waals surface area contributed by atoms with Gasteiger partial charge in [0.1, 0.15) is 16.5 Å². The SMILES string of the molecule is CCN(CC)CCn1cc(NC(=O)C2CCN(S(=O)(=O)c3cc(F)ccc3F)CC2)cn1. The summed E-state index contributed by atoms with van der Waals surface area (Å²) in [6, 6.07) is 2.35. The standard InChI is InChI=1S/C21H29F2N5O3S/c1-3-26(4-2)11-12-27-15-18(14-24-27)25-21(29)16-7-9-28(10-8-16)32(30,31)20-13-17(22)5-6-19(20)23/h5-6,13-16H,3-4,7-12H2,1-2H3,(H,25,29). The Bertz CT molecular complexity index is 1030. The summed E-state index contributed by atoms with van der Waals surface area (Å²) in [5, 5.41) is 7.11. The van der Waals surface area contributed by atoms with Crippen LogP contribution in [0, 0.1) is 17.6 Å². The Balaban J connectivity index is 1.54. The highest BCUT2D eigenvalue weighted by atomic mass is 32.2. The molecular formula is C21H29F2N5O3S. The maximum atomic E-state index is 14.0. The molecule has 1 saturated heterocycles. The zero-order chi connectivity index (χ0) is 23.3. The molecule has 1 aromatic heterocycles. The molecular weight excluding hydrogens is 440 g/mol. The lowest BCUT2D eigenvalue weighted by atomic mass is 9.97. The van der Waals surface area contributed by atoms with Crippen molar-refractivity contribution < 1.29 is 22.0 Å². The molecule has 2 heterocycles. The van der Waals surface area contributed by atoms with E-state index in [-0.39, 0.29) is 37.8 Å². The smallest absolute Gasteiger partial charge is 0.246 e. The van der Waals surface area contributed by atoms with Crippen LogP contribution in [0.5, 0.6) is 0 Å². The monoisotopic (exact) mass is 469 g/mol. The van der Waals surface area contributed by atoms with E-state index in [0.717, 1.165) is 36.1 Å². The number of anilines is 1. The fourth-order valence-electron chi connectivity index (χ4n) is 3.75. The molecule has 1 aliphatic rings. The van der Waals surface area contributed by atoms with Gasteiger partial charge in [-0.25, -0.2) is 17.2 Å². The Kier molecular flexibility index (Phi) is 7.96. The molecule has 3 rings (SSSR count). The van der Waals surface area contributed by atoms with Crippen molar-refractivity contribution in [3.05, 3.63) is 42.2 Å². The van der Waals surface area contributed by atoms with E-state index in [1.54, 1.807) is 17.1 Å². The lowest BCUT2D eigenvalue weighted by molar-refractivity contribution is -0.120. The summed E-state index contributed by atoms with van der Waals surface area (Å²) in [5.41, 5.74) is 0.589. The average molecular weight is 470 g/mol. The van der Waals surface area contributed by atoms with E-state index in [9.17, 15) is 22.0 Å². The second kappa shape index (κ2) is 10.5. The van der Waals surface area contributed by atoms with Crippen LogP contribution in [0.4, 0.5) is 14.5 Å². The molecule has 11 heteroatoms. The molecule has 2 aromatic rings. The summed E-state index contributed by atoms with van der Waals surface area (Å²) in [4.78, 5) is 14.2. The van der Waals surface area contributed by atoms with Crippen molar-refractivity contribution in [3.63, 3.8) is 0 Å². The third-order valence-electron chi connectivity index (χ3n) is 5.78. The Hall–Kier alpha value is -2.37. The van der Waals surface area contributed by atoms with Gasteiger partial charge in [-0.3, -0.25) is 9.48 Å². The summed E-state index contributed by atoms with van der Waals surface area (Å²) in [7, 11) is -4.17. The first kappa shape index (κ1) is 24.3. The number of piperidine rings is 1. The van der Waals surface area contributed by atoms with Gasteiger partial charge in [0.05, 0.1) is 18.4 Å². The summed E-state index contributed by atoms with van der Waals surface area (Å²) >= 11 is 0. The van der Waals surface area contributed by atoms with Crippen molar-refractivity contribution in [2.75, 3.05) is 38.0 Å². The number of likely N-dealkylation sites (N-methyl/N-ethyl adjacent to an activating group) is 1. The molecule has 176 valence electrons. The average Bonchev–Trinajstić information content (AvgIpc) is 3.23. The highest BCUT2D eigenvalue weighted by Crippen LogP contribution is 2.26. The van der Waals surface area contributed by atoms with Gasteiger partial charge < -0.3 is 10.2 Å². The second-order valence-corrected chi connectivity index (χ2v) is 9.67.